The molecule has 1 unspecified atom stereocenters. The van der Waals surface area contributed by atoms with Crippen molar-refractivity contribution in [2.75, 3.05) is 13.1 Å². The third-order valence-corrected chi connectivity index (χ3v) is 4.01. The van der Waals surface area contributed by atoms with Crippen LogP contribution in [0.3, 0.4) is 0 Å². The van der Waals surface area contributed by atoms with Crippen LogP contribution in [0.15, 0.2) is 0 Å². The highest BCUT2D eigenvalue weighted by Crippen LogP contribution is 2.15. The number of rotatable bonds is 11. The Morgan fingerprint density at radius 1 is 1.20 bits per heavy atom. The van der Waals surface area contributed by atoms with Gasteiger partial charge in [-0.25, -0.2) is 0 Å². The molecule has 0 aliphatic rings. The van der Waals surface area contributed by atoms with Crippen molar-refractivity contribution < 1.29 is 4.79 Å². The Labute approximate surface area is 125 Å². The molecule has 0 aliphatic carbocycles. The second-order valence-corrected chi connectivity index (χ2v) is 6.60. The number of nitrogens with zero attached hydrogens (tertiary/aromatic N) is 1. The van der Waals surface area contributed by atoms with Crippen LogP contribution in [0.1, 0.15) is 66.7 Å². The lowest BCUT2D eigenvalue weighted by Gasteiger charge is -2.32. The SMILES string of the molecule is CCC(CC)N(CCCCC(C)(N)C(N)=O)CC(C)C. The van der Waals surface area contributed by atoms with E-state index < -0.39 is 11.4 Å². The molecular formula is C16H35N3O. The molecule has 0 spiro atoms. The molecule has 0 aromatic rings. The van der Waals surface area contributed by atoms with Crippen LogP contribution in [0.4, 0.5) is 0 Å². The summed E-state index contributed by atoms with van der Waals surface area (Å²) >= 11 is 0. The van der Waals surface area contributed by atoms with Gasteiger partial charge in [-0.2, -0.15) is 0 Å². The highest BCUT2D eigenvalue weighted by atomic mass is 16.1. The van der Waals surface area contributed by atoms with Crippen molar-refractivity contribution in [1.82, 2.24) is 4.90 Å². The number of carbonyl (C=O) groups is 1. The maximum Gasteiger partial charge on any atom is 0.237 e. The number of hydrogen-bond acceptors (Lipinski definition) is 3. The molecule has 20 heavy (non-hydrogen) atoms. The molecule has 1 atom stereocenters. The van der Waals surface area contributed by atoms with Gasteiger partial charge in [0.05, 0.1) is 5.54 Å². The van der Waals surface area contributed by atoms with E-state index in [0.717, 1.165) is 25.9 Å². The quantitative estimate of drug-likeness (QED) is 0.573. The summed E-state index contributed by atoms with van der Waals surface area (Å²) in [5, 5.41) is 0. The minimum atomic E-state index is -0.863. The first kappa shape index (κ1) is 19.4. The summed E-state index contributed by atoms with van der Waals surface area (Å²) in [6.07, 6.45) is 5.08. The lowest BCUT2D eigenvalue weighted by atomic mass is 9.95. The summed E-state index contributed by atoms with van der Waals surface area (Å²) in [6.45, 7) is 13.0. The molecule has 0 bridgehead atoms. The van der Waals surface area contributed by atoms with Crippen molar-refractivity contribution in [1.29, 1.82) is 0 Å². The molecule has 0 rings (SSSR count). The summed E-state index contributed by atoms with van der Waals surface area (Å²) < 4.78 is 0. The van der Waals surface area contributed by atoms with Crippen molar-refractivity contribution in [3.63, 3.8) is 0 Å². The van der Waals surface area contributed by atoms with Crippen LogP contribution in [-0.4, -0.2) is 35.5 Å². The molecule has 0 radical (unpaired) electrons. The molecule has 1 amide bonds. The third-order valence-electron chi connectivity index (χ3n) is 4.01. The predicted octanol–water partition coefficient (Wildman–Crippen LogP) is 2.51. The topological polar surface area (TPSA) is 72.3 Å². The van der Waals surface area contributed by atoms with E-state index in [-0.39, 0.29) is 0 Å². The normalized spacial score (nSPS) is 15.1. The Morgan fingerprint density at radius 2 is 1.75 bits per heavy atom. The van der Waals surface area contributed by atoms with Gasteiger partial charge in [-0.1, -0.05) is 27.7 Å². The number of hydrogen-bond donors (Lipinski definition) is 2. The van der Waals surface area contributed by atoms with Crippen LogP contribution >= 0.6 is 0 Å². The summed E-state index contributed by atoms with van der Waals surface area (Å²) in [5.74, 6) is 0.275. The van der Waals surface area contributed by atoms with Crippen molar-refractivity contribution in [2.45, 2.75) is 78.3 Å². The Kier molecular flexibility index (Phi) is 9.06. The van der Waals surface area contributed by atoms with Gasteiger partial charge in [0.2, 0.25) is 5.91 Å². The minimum Gasteiger partial charge on any atom is -0.368 e. The molecule has 120 valence electrons. The van der Waals surface area contributed by atoms with Crippen molar-refractivity contribution in [2.24, 2.45) is 17.4 Å². The van der Waals surface area contributed by atoms with Crippen molar-refractivity contribution in [3.8, 4) is 0 Å². The molecular weight excluding hydrogens is 250 g/mol. The van der Waals surface area contributed by atoms with E-state index in [1.807, 2.05) is 0 Å². The van der Waals surface area contributed by atoms with E-state index in [0.29, 0.717) is 18.4 Å². The van der Waals surface area contributed by atoms with Gasteiger partial charge in [0, 0.05) is 12.6 Å². The van der Waals surface area contributed by atoms with Gasteiger partial charge in [0.15, 0.2) is 0 Å². The van der Waals surface area contributed by atoms with Gasteiger partial charge in [-0.15, -0.1) is 0 Å². The van der Waals surface area contributed by atoms with Crippen LogP contribution < -0.4 is 11.5 Å². The van der Waals surface area contributed by atoms with E-state index in [2.05, 4.69) is 32.6 Å². The minimum absolute atomic E-state index is 0.406. The van der Waals surface area contributed by atoms with E-state index in [9.17, 15) is 4.79 Å². The number of carbonyl (C=O) groups excluding carboxylic acids is 1. The van der Waals surface area contributed by atoms with Crippen LogP contribution in [0.5, 0.6) is 0 Å². The molecule has 0 saturated heterocycles. The lowest BCUT2D eigenvalue weighted by Crippen LogP contribution is -2.49. The first-order chi connectivity index (χ1) is 9.24. The molecule has 0 saturated carbocycles. The molecule has 4 nitrogen and oxygen atoms in total. The fourth-order valence-corrected chi connectivity index (χ4v) is 2.63. The van der Waals surface area contributed by atoms with Gasteiger partial charge in [-0.3, -0.25) is 4.79 Å². The zero-order valence-electron chi connectivity index (χ0n) is 14.1. The maximum atomic E-state index is 11.2. The fourth-order valence-electron chi connectivity index (χ4n) is 2.63. The van der Waals surface area contributed by atoms with Crippen LogP contribution in [0, 0.1) is 5.92 Å². The van der Waals surface area contributed by atoms with Crippen LogP contribution in [0.2, 0.25) is 0 Å². The zero-order valence-corrected chi connectivity index (χ0v) is 14.1. The molecule has 4 heteroatoms. The summed E-state index contributed by atoms with van der Waals surface area (Å²) in [7, 11) is 0. The van der Waals surface area contributed by atoms with Crippen LogP contribution in [-0.2, 0) is 4.79 Å². The maximum absolute atomic E-state index is 11.2. The van der Waals surface area contributed by atoms with Gasteiger partial charge in [0.1, 0.15) is 0 Å². The highest BCUT2D eigenvalue weighted by molar-refractivity contribution is 5.83. The zero-order chi connectivity index (χ0) is 15.8. The summed E-state index contributed by atoms with van der Waals surface area (Å²) in [4.78, 5) is 13.8. The molecule has 0 heterocycles. The van der Waals surface area contributed by atoms with Gasteiger partial charge in [-0.05, 0) is 51.5 Å². The number of primary amides is 1. The number of amides is 1. The monoisotopic (exact) mass is 285 g/mol. The van der Waals surface area contributed by atoms with Gasteiger partial charge < -0.3 is 16.4 Å². The van der Waals surface area contributed by atoms with Gasteiger partial charge in [0.25, 0.3) is 0 Å². The Morgan fingerprint density at radius 3 is 2.15 bits per heavy atom. The molecule has 4 N–H and O–H groups in total. The summed E-state index contributed by atoms with van der Waals surface area (Å²) in [5.41, 5.74) is 10.3. The summed E-state index contributed by atoms with van der Waals surface area (Å²) in [6, 6.07) is 0.665. The second-order valence-electron chi connectivity index (χ2n) is 6.60. The number of nitrogens with two attached hydrogens (primary N) is 2. The molecule has 0 aromatic heterocycles. The smallest absolute Gasteiger partial charge is 0.237 e. The Hall–Kier alpha value is -0.610. The van der Waals surface area contributed by atoms with E-state index in [1.54, 1.807) is 6.92 Å². The molecule has 0 fully saturated rings. The lowest BCUT2D eigenvalue weighted by molar-refractivity contribution is -0.122. The second kappa shape index (κ2) is 9.35. The Bertz CT molecular complexity index is 273. The van der Waals surface area contributed by atoms with E-state index >= 15 is 0 Å². The fraction of sp³-hybridized carbons (Fsp3) is 0.938. The standard InChI is InChI=1S/C16H35N3O/c1-6-14(7-2)19(12-13(3)4)11-9-8-10-16(5,18)15(17)20/h13-14H,6-12,18H2,1-5H3,(H2,17,20). The first-order valence-electron chi connectivity index (χ1n) is 8.07. The van der Waals surface area contributed by atoms with Gasteiger partial charge >= 0.3 is 0 Å². The average molecular weight is 285 g/mol. The average Bonchev–Trinajstić information content (AvgIpc) is 2.34. The number of unbranched alkanes of at least 4 members (excludes halogenated alkanes) is 1. The van der Waals surface area contributed by atoms with E-state index in [4.69, 9.17) is 11.5 Å². The Balaban J connectivity index is 4.23. The third kappa shape index (κ3) is 7.25. The molecule has 0 aliphatic heterocycles. The predicted molar refractivity (Wildman–Crippen MR) is 86.4 cm³/mol. The van der Waals surface area contributed by atoms with E-state index in [1.165, 1.54) is 12.8 Å². The molecule has 0 aromatic carbocycles. The first-order valence-corrected chi connectivity index (χ1v) is 8.07. The van der Waals surface area contributed by atoms with Crippen molar-refractivity contribution in [3.05, 3.63) is 0 Å². The highest BCUT2D eigenvalue weighted by Gasteiger charge is 2.25. The van der Waals surface area contributed by atoms with Crippen LogP contribution in [0.25, 0.3) is 0 Å². The van der Waals surface area contributed by atoms with Crippen molar-refractivity contribution >= 4 is 5.91 Å². The largest absolute Gasteiger partial charge is 0.368 e.